The van der Waals surface area contributed by atoms with Gasteiger partial charge in [0.15, 0.2) is 17.3 Å². The van der Waals surface area contributed by atoms with Crippen LogP contribution in [-0.2, 0) is 11.2 Å². The van der Waals surface area contributed by atoms with Crippen LogP contribution in [0.1, 0.15) is 29.3 Å². The summed E-state index contributed by atoms with van der Waals surface area (Å²) < 4.78 is 10.4. The highest BCUT2D eigenvalue weighted by atomic mass is 16.5. The normalized spacial score (nSPS) is 10.1. The Kier molecular flexibility index (Phi) is 5.95. The van der Waals surface area contributed by atoms with E-state index < -0.39 is 0 Å². The third kappa shape index (κ3) is 4.35. The van der Waals surface area contributed by atoms with Crippen LogP contribution in [0, 0.1) is 6.07 Å². The average molecular weight is 326 g/mol. The number of hydrogen-bond acceptors (Lipinski definition) is 4. The van der Waals surface area contributed by atoms with Crippen LogP contribution in [0.4, 0.5) is 5.69 Å². The van der Waals surface area contributed by atoms with Crippen molar-refractivity contribution < 1.29 is 19.1 Å². The molecule has 0 fully saturated rings. The van der Waals surface area contributed by atoms with E-state index in [4.69, 9.17) is 9.47 Å². The fraction of sp³-hybridized carbons (Fsp3) is 0.263. The predicted octanol–water partition coefficient (Wildman–Crippen LogP) is 3.28. The van der Waals surface area contributed by atoms with Gasteiger partial charge in [0, 0.05) is 18.1 Å². The first kappa shape index (κ1) is 17.5. The summed E-state index contributed by atoms with van der Waals surface area (Å²) >= 11 is 0. The third-order valence-corrected chi connectivity index (χ3v) is 3.61. The largest absolute Gasteiger partial charge is 0.493 e. The van der Waals surface area contributed by atoms with Gasteiger partial charge in [-0.05, 0) is 31.0 Å². The number of amides is 1. The number of ether oxygens (including phenoxy) is 2. The first-order chi connectivity index (χ1) is 11.5. The van der Waals surface area contributed by atoms with Crippen molar-refractivity contribution in [2.75, 3.05) is 19.5 Å². The lowest BCUT2D eigenvalue weighted by Crippen LogP contribution is -2.15. The number of benzene rings is 2. The molecule has 0 atom stereocenters. The Morgan fingerprint density at radius 1 is 1.08 bits per heavy atom. The molecule has 0 aliphatic heterocycles. The van der Waals surface area contributed by atoms with Gasteiger partial charge < -0.3 is 14.8 Å². The molecule has 1 N–H and O–H groups in total. The average Bonchev–Trinajstić information content (AvgIpc) is 2.60. The van der Waals surface area contributed by atoms with E-state index in [1.54, 1.807) is 12.1 Å². The Hall–Kier alpha value is -2.82. The van der Waals surface area contributed by atoms with Crippen LogP contribution < -0.4 is 14.8 Å². The quantitative estimate of drug-likeness (QED) is 0.793. The molecule has 0 aliphatic rings. The van der Waals surface area contributed by atoms with Gasteiger partial charge in [0.1, 0.15) is 0 Å². The predicted molar refractivity (Wildman–Crippen MR) is 91.8 cm³/mol. The Balaban J connectivity index is 2.15. The zero-order valence-corrected chi connectivity index (χ0v) is 14.0. The molecule has 5 heteroatoms. The van der Waals surface area contributed by atoms with E-state index in [9.17, 15) is 9.59 Å². The molecule has 0 aliphatic carbocycles. The van der Waals surface area contributed by atoms with Crippen LogP contribution in [0.2, 0.25) is 0 Å². The molecule has 125 valence electrons. The molecular weight excluding hydrogens is 306 g/mol. The minimum Gasteiger partial charge on any atom is -0.493 e. The Morgan fingerprint density at radius 2 is 1.71 bits per heavy atom. The van der Waals surface area contributed by atoms with Crippen molar-refractivity contribution in [3.8, 4) is 11.5 Å². The topological polar surface area (TPSA) is 64.6 Å². The number of ketones is 1. The number of rotatable bonds is 7. The minimum absolute atomic E-state index is 0.162. The van der Waals surface area contributed by atoms with E-state index in [-0.39, 0.29) is 11.7 Å². The Labute approximate surface area is 141 Å². The zero-order chi connectivity index (χ0) is 17.5. The summed E-state index contributed by atoms with van der Waals surface area (Å²) in [6.07, 6.45) is 0.929. The zero-order valence-electron chi connectivity index (χ0n) is 14.0. The smallest absolute Gasteiger partial charge is 0.224 e. The maximum Gasteiger partial charge on any atom is 0.224 e. The lowest BCUT2D eigenvalue weighted by atomic mass is 10.1. The van der Waals surface area contributed by atoms with Gasteiger partial charge in [0.05, 0.1) is 19.9 Å². The van der Waals surface area contributed by atoms with Crippen molar-refractivity contribution in [3.05, 3.63) is 53.6 Å². The molecular formula is C19H20NO4. The molecule has 0 unspecified atom stereocenters. The maximum absolute atomic E-state index is 12.2. The second-order valence-electron chi connectivity index (χ2n) is 5.27. The maximum atomic E-state index is 12.2. The minimum atomic E-state index is -0.169. The van der Waals surface area contributed by atoms with E-state index in [0.29, 0.717) is 35.6 Å². The van der Waals surface area contributed by atoms with E-state index >= 15 is 0 Å². The van der Waals surface area contributed by atoms with Crippen molar-refractivity contribution in [2.24, 2.45) is 0 Å². The highest BCUT2D eigenvalue weighted by molar-refractivity contribution is 6.04. The standard InChI is InChI=1S/C19H20NO4/c1-13(21)15-11-17(23-2)18(24-3)12-16(15)20-19(22)10-9-14-7-5-4-6-8-14/h5-8,11-12H,9-10H2,1-3H3,(H,20,22). The molecule has 2 aromatic rings. The summed E-state index contributed by atoms with van der Waals surface area (Å²) in [5.74, 6) is 0.569. The Bertz CT molecular complexity index is 726. The fourth-order valence-electron chi connectivity index (χ4n) is 2.33. The highest BCUT2D eigenvalue weighted by Crippen LogP contribution is 2.33. The second-order valence-corrected chi connectivity index (χ2v) is 5.27. The van der Waals surface area contributed by atoms with Crippen LogP contribution in [0.15, 0.2) is 36.4 Å². The summed E-state index contributed by atoms with van der Waals surface area (Å²) in [5.41, 5.74) is 1.87. The molecule has 24 heavy (non-hydrogen) atoms. The van der Waals surface area contributed by atoms with Gasteiger partial charge >= 0.3 is 0 Å². The summed E-state index contributed by atoms with van der Waals surface area (Å²) in [7, 11) is 3.00. The molecule has 0 aromatic heterocycles. The van der Waals surface area contributed by atoms with Gasteiger partial charge in [-0.25, -0.2) is 0 Å². The van der Waals surface area contributed by atoms with Crippen molar-refractivity contribution in [2.45, 2.75) is 19.8 Å². The summed E-state index contributed by atoms with van der Waals surface area (Å²) in [5, 5.41) is 2.79. The number of methoxy groups -OCH3 is 2. The second kappa shape index (κ2) is 8.15. The van der Waals surface area contributed by atoms with Crippen molar-refractivity contribution >= 4 is 17.4 Å². The summed E-state index contributed by atoms with van der Waals surface area (Å²) in [4.78, 5) is 24.1. The van der Waals surface area contributed by atoms with Crippen molar-refractivity contribution in [1.82, 2.24) is 0 Å². The molecule has 1 radical (unpaired) electrons. The Morgan fingerprint density at radius 3 is 2.29 bits per heavy atom. The van der Waals surface area contributed by atoms with Gasteiger partial charge in [-0.3, -0.25) is 9.59 Å². The lowest BCUT2D eigenvalue weighted by molar-refractivity contribution is -0.116. The molecule has 1 amide bonds. The summed E-state index contributed by atoms with van der Waals surface area (Å²) in [6.45, 7) is 1.44. The van der Waals surface area contributed by atoms with Gasteiger partial charge in [-0.1, -0.05) is 24.3 Å². The molecule has 0 heterocycles. The first-order valence-corrected chi connectivity index (χ1v) is 7.57. The molecule has 0 saturated carbocycles. The van der Waals surface area contributed by atoms with Crippen LogP contribution in [-0.4, -0.2) is 25.9 Å². The van der Waals surface area contributed by atoms with Gasteiger partial charge in [-0.2, -0.15) is 0 Å². The number of nitrogens with one attached hydrogen (secondary N) is 1. The molecule has 0 saturated heterocycles. The van der Waals surface area contributed by atoms with E-state index in [1.807, 2.05) is 24.3 Å². The molecule has 0 spiro atoms. The number of hydrogen-bond donors (Lipinski definition) is 1. The summed E-state index contributed by atoms with van der Waals surface area (Å²) in [6, 6.07) is 13.6. The van der Waals surface area contributed by atoms with Gasteiger partial charge in [-0.15, -0.1) is 0 Å². The lowest BCUT2D eigenvalue weighted by Gasteiger charge is -2.14. The van der Waals surface area contributed by atoms with Crippen molar-refractivity contribution in [1.29, 1.82) is 0 Å². The fourth-order valence-corrected chi connectivity index (χ4v) is 2.33. The van der Waals surface area contributed by atoms with E-state index in [1.165, 1.54) is 21.1 Å². The van der Waals surface area contributed by atoms with Crippen LogP contribution in [0.3, 0.4) is 0 Å². The molecule has 2 aromatic carbocycles. The van der Waals surface area contributed by atoms with E-state index in [0.717, 1.165) is 5.56 Å². The van der Waals surface area contributed by atoms with Crippen LogP contribution >= 0.6 is 0 Å². The first-order valence-electron chi connectivity index (χ1n) is 7.57. The third-order valence-electron chi connectivity index (χ3n) is 3.61. The highest BCUT2D eigenvalue weighted by Gasteiger charge is 2.16. The van der Waals surface area contributed by atoms with Gasteiger partial charge in [0.25, 0.3) is 0 Å². The molecule has 0 bridgehead atoms. The number of carbonyl (C=O) groups excluding carboxylic acids is 2. The van der Waals surface area contributed by atoms with Crippen molar-refractivity contribution in [3.63, 3.8) is 0 Å². The number of carbonyl (C=O) groups is 2. The van der Waals surface area contributed by atoms with Gasteiger partial charge in [0.2, 0.25) is 5.91 Å². The SMILES string of the molecule is COc1cc(NC(=O)CCc2cc[c]cc2)c(C(C)=O)cc1OC. The number of aryl methyl sites for hydroxylation is 1. The van der Waals surface area contributed by atoms with E-state index in [2.05, 4.69) is 11.4 Å². The number of anilines is 1. The number of Topliss-reactive ketones (excluding diaryl/α,β-unsaturated/α-hetero) is 1. The molecule has 2 rings (SSSR count). The monoisotopic (exact) mass is 326 g/mol. The van der Waals surface area contributed by atoms with Crippen LogP contribution in [0.5, 0.6) is 11.5 Å². The van der Waals surface area contributed by atoms with Crippen LogP contribution in [0.25, 0.3) is 0 Å². The molecule has 5 nitrogen and oxygen atoms in total.